The second-order valence-electron chi connectivity index (χ2n) is 6.54. The maximum atomic E-state index is 11.5. The Labute approximate surface area is 162 Å². The molecular formula is C20H19N3O2S2. The number of nitrogens with zero attached hydrogens (tertiary/aromatic N) is 2. The fourth-order valence-corrected chi connectivity index (χ4v) is 4.41. The normalized spacial score (nSPS) is 17.2. The van der Waals surface area contributed by atoms with Crippen LogP contribution in [-0.4, -0.2) is 14.1 Å². The van der Waals surface area contributed by atoms with E-state index in [4.69, 9.17) is 10.2 Å². The number of nitrogens with two attached hydrogens (primary N) is 1. The summed E-state index contributed by atoms with van der Waals surface area (Å²) in [5.74, 6) is 0. The Morgan fingerprint density at radius 2 is 1.78 bits per heavy atom. The van der Waals surface area contributed by atoms with Crippen LogP contribution in [0, 0.1) is 6.92 Å². The molecule has 0 fully saturated rings. The molecular weight excluding hydrogens is 378 g/mol. The van der Waals surface area contributed by atoms with Crippen LogP contribution in [0.5, 0.6) is 0 Å². The van der Waals surface area contributed by atoms with Crippen molar-refractivity contribution in [1.29, 1.82) is 0 Å². The number of benzene rings is 2. The zero-order valence-electron chi connectivity index (χ0n) is 14.7. The maximum absolute atomic E-state index is 11.5. The quantitative estimate of drug-likeness (QED) is 0.721. The number of rotatable bonds is 4. The molecule has 1 aliphatic heterocycles. The van der Waals surface area contributed by atoms with Crippen molar-refractivity contribution in [2.45, 2.75) is 24.3 Å². The van der Waals surface area contributed by atoms with Crippen LogP contribution in [0.25, 0.3) is 0 Å². The number of hydrazone groups is 1. The van der Waals surface area contributed by atoms with Gasteiger partial charge in [-0.2, -0.15) is 5.10 Å². The highest BCUT2D eigenvalue weighted by Gasteiger charge is 2.30. The molecule has 0 aliphatic carbocycles. The lowest BCUT2D eigenvalue weighted by molar-refractivity contribution is 0.598. The van der Waals surface area contributed by atoms with E-state index < -0.39 is 10.0 Å². The van der Waals surface area contributed by atoms with Gasteiger partial charge in [-0.15, -0.1) is 11.3 Å². The molecule has 1 atom stereocenters. The van der Waals surface area contributed by atoms with E-state index in [0.29, 0.717) is 0 Å². The minimum absolute atomic E-state index is 0.0584. The number of anilines is 1. The zero-order valence-corrected chi connectivity index (χ0v) is 16.4. The van der Waals surface area contributed by atoms with E-state index in [-0.39, 0.29) is 10.9 Å². The second kappa shape index (κ2) is 6.92. The van der Waals surface area contributed by atoms with Crippen molar-refractivity contribution >= 4 is 32.8 Å². The fourth-order valence-electron chi connectivity index (χ4n) is 3.18. The first-order chi connectivity index (χ1) is 12.9. The average Bonchev–Trinajstić information content (AvgIpc) is 3.31. The molecule has 0 radical (unpaired) electrons. The van der Waals surface area contributed by atoms with Gasteiger partial charge >= 0.3 is 0 Å². The summed E-state index contributed by atoms with van der Waals surface area (Å²) in [6.45, 7) is 2.07. The van der Waals surface area contributed by atoms with Gasteiger partial charge in [0.2, 0.25) is 10.0 Å². The molecule has 0 saturated carbocycles. The van der Waals surface area contributed by atoms with Crippen molar-refractivity contribution in [3.05, 3.63) is 82.0 Å². The van der Waals surface area contributed by atoms with Gasteiger partial charge in [-0.25, -0.2) is 13.6 Å². The highest BCUT2D eigenvalue weighted by atomic mass is 32.2. The van der Waals surface area contributed by atoms with Crippen LogP contribution in [-0.2, 0) is 10.0 Å². The fraction of sp³-hybridized carbons (Fsp3) is 0.150. The first-order valence-electron chi connectivity index (χ1n) is 8.52. The molecule has 3 aromatic rings. The predicted octanol–water partition coefficient (Wildman–Crippen LogP) is 4.06. The Bertz CT molecular complexity index is 1070. The minimum Gasteiger partial charge on any atom is -0.257 e. The smallest absolute Gasteiger partial charge is 0.238 e. The van der Waals surface area contributed by atoms with Crippen LogP contribution in [0.2, 0.25) is 0 Å². The average molecular weight is 398 g/mol. The Balaban J connectivity index is 1.74. The lowest BCUT2D eigenvalue weighted by Gasteiger charge is -2.24. The van der Waals surface area contributed by atoms with E-state index in [2.05, 4.69) is 37.3 Å². The van der Waals surface area contributed by atoms with Crippen LogP contribution >= 0.6 is 11.3 Å². The molecule has 0 amide bonds. The molecule has 1 unspecified atom stereocenters. The molecule has 4 rings (SSSR count). The summed E-state index contributed by atoms with van der Waals surface area (Å²) in [6, 6.07) is 19.1. The van der Waals surface area contributed by atoms with Gasteiger partial charge in [0.05, 0.1) is 27.2 Å². The summed E-state index contributed by atoms with van der Waals surface area (Å²) in [5, 5.41) is 14.1. The lowest BCUT2D eigenvalue weighted by atomic mass is 10.00. The number of hydrogen-bond acceptors (Lipinski definition) is 5. The van der Waals surface area contributed by atoms with Gasteiger partial charge in [0.1, 0.15) is 0 Å². The van der Waals surface area contributed by atoms with E-state index in [1.165, 1.54) is 23.3 Å². The number of sulfonamides is 1. The summed E-state index contributed by atoms with van der Waals surface area (Å²) < 4.78 is 23.1. The largest absolute Gasteiger partial charge is 0.257 e. The maximum Gasteiger partial charge on any atom is 0.238 e. The first-order valence-corrected chi connectivity index (χ1v) is 10.9. The third-order valence-corrected chi connectivity index (χ3v) is 6.46. The van der Waals surface area contributed by atoms with Crippen molar-refractivity contribution in [2.24, 2.45) is 10.2 Å². The van der Waals surface area contributed by atoms with Gasteiger partial charge in [-0.1, -0.05) is 35.9 Å². The zero-order chi connectivity index (χ0) is 19.0. The van der Waals surface area contributed by atoms with Crippen LogP contribution in [0.3, 0.4) is 0 Å². The van der Waals surface area contributed by atoms with Crippen LogP contribution in [0.15, 0.2) is 76.0 Å². The van der Waals surface area contributed by atoms with E-state index in [0.717, 1.165) is 22.7 Å². The number of aryl methyl sites for hydroxylation is 1. The van der Waals surface area contributed by atoms with Gasteiger partial charge in [0, 0.05) is 6.42 Å². The molecule has 0 saturated heterocycles. The molecule has 7 heteroatoms. The van der Waals surface area contributed by atoms with Crippen LogP contribution < -0.4 is 10.1 Å². The number of primary sulfonamides is 1. The first kappa shape index (κ1) is 17.9. The highest BCUT2D eigenvalue weighted by Crippen LogP contribution is 2.37. The summed E-state index contributed by atoms with van der Waals surface area (Å²) in [4.78, 5) is 1.25. The molecule has 2 N–H and O–H groups in total. The molecule has 138 valence electrons. The third kappa shape index (κ3) is 3.66. The van der Waals surface area contributed by atoms with Gasteiger partial charge in [0.15, 0.2) is 0 Å². The topological polar surface area (TPSA) is 75.8 Å². The van der Waals surface area contributed by atoms with Gasteiger partial charge in [-0.05, 0) is 48.2 Å². The van der Waals surface area contributed by atoms with Crippen molar-refractivity contribution in [1.82, 2.24) is 0 Å². The van der Waals surface area contributed by atoms with Crippen molar-refractivity contribution in [3.8, 4) is 0 Å². The van der Waals surface area contributed by atoms with Gasteiger partial charge in [-0.3, -0.25) is 5.01 Å². The van der Waals surface area contributed by atoms with Crippen LogP contribution in [0.4, 0.5) is 5.69 Å². The van der Waals surface area contributed by atoms with E-state index in [1.807, 2.05) is 16.5 Å². The molecule has 1 aliphatic rings. The molecule has 0 spiro atoms. The molecule has 5 nitrogen and oxygen atoms in total. The highest BCUT2D eigenvalue weighted by molar-refractivity contribution is 7.89. The summed E-state index contributed by atoms with van der Waals surface area (Å²) in [6.07, 6.45) is 0.792. The standard InChI is InChI=1S/C20H19N3O2S2/c1-14-4-6-15(7-5-14)19-13-18(20-3-2-12-26-20)22-23(19)16-8-10-17(11-9-16)27(21,24)25/h2-12,19H,13H2,1H3,(H2,21,24,25). The van der Waals surface area contributed by atoms with E-state index in [9.17, 15) is 8.42 Å². The van der Waals surface area contributed by atoms with Crippen molar-refractivity contribution < 1.29 is 8.42 Å². The summed E-state index contributed by atoms with van der Waals surface area (Å²) in [7, 11) is -3.71. The monoisotopic (exact) mass is 397 g/mol. The minimum atomic E-state index is -3.71. The molecule has 2 aromatic carbocycles. The Hall–Kier alpha value is -2.48. The second-order valence-corrected chi connectivity index (χ2v) is 9.05. The summed E-state index contributed by atoms with van der Waals surface area (Å²) in [5.41, 5.74) is 4.25. The van der Waals surface area contributed by atoms with Gasteiger partial charge < -0.3 is 0 Å². The number of thiophene rings is 1. The molecule has 1 aromatic heterocycles. The lowest BCUT2D eigenvalue weighted by Crippen LogP contribution is -2.19. The Morgan fingerprint density at radius 1 is 1.07 bits per heavy atom. The van der Waals surface area contributed by atoms with Crippen molar-refractivity contribution in [2.75, 3.05) is 5.01 Å². The predicted molar refractivity (Wildman–Crippen MR) is 110 cm³/mol. The molecule has 2 heterocycles. The Kier molecular flexibility index (Phi) is 4.59. The molecule has 0 bridgehead atoms. The SMILES string of the molecule is Cc1ccc(C2CC(c3cccs3)=NN2c2ccc(S(N)(=O)=O)cc2)cc1. The van der Waals surface area contributed by atoms with Crippen molar-refractivity contribution in [3.63, 3.8) is 0 Å². The van der Waals surface area contributed by atoms with E-state index >= 15 is 0 Å². The van der Waals surface area contributed by atoms with E-state index in [1.54, 1.807) is 23.5 Å². The third-order valence-electron chi connectivity index (χ3n) is 4.61. The van der Waals surface area contributed by atoms with Crippen LogP contribution in [0.1, 0.15) is 28.5 Å². The summed E-state index contributed by atoms with van der Waals surface area (Å²) >= 11 is 1.67. The number of hydrogen-bond donors (Lipinski definition) is 1. The molecule has 27 heavy (non-hydrogen) atoms. The Morgan fingerprint density at radius 3 is 2.37 bits per heavy atom. The van der Waals surface area contributed by atoms with Gasteiger partial charge in [0.25, 0.3) is 0 Å².